The van der Waals surface area contributed by atoms with E-state index in [0.29, 0.717) is 11.4 Å². The van der Waals surface area contributed by atoms with Crippen molar-refractivity contribution < 1.29 is 5.11 Å². The van der Waals surface area contributed by atoms with E-state index in [-0.39, 0.29) is 12.6 Å². The SMILES string of the molecule is CC(C)n1c(CC(C)(O)CN)nc2ccc(Cl)cc21. The third-order valence-electron chi connectivity index (χ3n) is 3.22. The molecule has 3 N–H and O–H groups in total. The van der Waals surface area contributed by atoms with Crippen LogP contribution in [0.4, 0.5) is 0 Å². The van der Waals surface area contributed by atoms with E-state index >= 15 is 0 Å². The predicted molar refractivity (Wildman–Crippen MR) is 78.5 cm³/mol. The zero-order valence-corrected chi connectivity index (χ0v) is 12.3. The normalized spacial score (nSPS) is 15.1. The van der Waals surface area contributed by atoms with Gasteiger partial charge in [-0.15, -0.1) is 0 Å². The first-order chi connectivity index (χ1) is 8.84. The minimum Gasteiger partial charge on any atom is -0.388 e. The minimum atomic E-state index is -0.947. The van der Waals surface area contributed by atoms with Gasteiger partial charge in [0.1, 0.15) is 5.82 Å². The number of imidazole rings is 1. The summed E-state index contributed by atoms with van der Waals surface area (Å²) in [7, 11) is 0. The summed E-state index contributed by atoms with van der Waals surface area (Å²) in [5.74, 6) is 0.836. The van der Waals surface area contributed by atoms with Crippen molar-refractivity contribution in [2.75, 3.05) is 6.54 Å². The van der Waals surface area contributed by atoms with E-state index in [0.717, 1.165) is 16.9 Å². The molecule has 0 aliphatic rings. The number of benzene rings is 1. The lowest BCUT2D eigenvalue weighted by Crippen LogP contribution is -2.37. The van der Waals surface area contributed by atoms with Crippen LogP contribution in [0.1, 0.15) is 32.6 Å². The molecule has 0 bridgehead atoms. The molecule has 0 saturated carbocycles. The van der Waals surface area contributed by atoms with Crippen LogP contribution in [0.15, 0.2) is 18.2 Å². The van der Waals surface area contributed by atoms with Crippen LogP contribution in [-0.2, 0) is 6.42 Å². The fraction of sp³-hybridized carbons (Fsp3) is 0.500. The number of fused-ring (bicyclic) bond motifs is 1. The molecule has 4 nitrogen and oxygen atoms in total. The van der Waals surface area contributed by atoms with E-state index in [4.69, 9.17) is 17.3 Å². The highest BCUT2D eigenvalue weighted by molar-refractivity contribution is 6.31. The fourth-order valence-corrected chi connectivity index (χ4v) is 2.40. The third-order valence-corrected chi connectivity index (χ3v) is 3.45. The summed E-state index contributed by atoms with van der Waals surface area (Å²) >= 11 is 6.05. The monoisotopic (exact) mass is 281 g/mol. The van der Waals surface area contributed by atoms with Crippen LogP contribution in [0.5, 0.6) is 0 Å². The summed E-state index contributed by atoms with van der Waals surface area (Å²) in [6.45, 7) is 6.10. The number of hydrogen-bond donors (Lipinski definition) is 2. The highest BCUT2D eigenvalue weighted by Gasteiger charge is 2.24. The molecule has 0 aliphatic carbocycles. The summed E-state index contributed by atoms with van der Waals surface area (Å²) in [6, 6.07) is 5.88. The number of halogens is 1. The zero-order valence-electron chi connectivity index (χ0n) is 11.5. The van der Waals surface area contributed by atoms with Gasteiger partial charge in [-0.05, 0) is 39.0 Å². The molecule has 1 aromatic carbocycles. The van der Waals surface area contributed by atoms with Crippen LogP contribution in [-0.4, -0.2) is 26.8 Å². The lowest BCUT2D eigenvalue weighted by Gasteiger charge is -2.22. The largest absolute Gasteiger partial charge is 0.388 e. The van der Waals surface area contributed by atoms with Crippen molar-refractivity contribution in [3.8, 4) is 0 Å². The molecule has 1 aromatic heterocycles. The lowest BCUT2D eigenvalue weighted by atomic mass is 10.0. The number of aliphatic hydroxyl groups is 1. The molecule has 1 atom stereocenters. The van der Waals surface area contributed by atoms with Gasteiger partial charge in [0.2, 0.25) is 0 Å². The van der Waals surface area contributed by atoms with E-state index in [1.807, 2.05) is 18.2 Å². The topological polar surface area (TPSA) is 64.1 Å². The Morgan fingerprint density at radius 3 is 2.74 bits per heavy atom. The van der Waals surface area contributed by atoms with E-state index < -0.39 is 5.60 Å². The van der Waals surface area contributed by atoms with E-state index in [2.05, 4.69) is 23.4 Å². The van der Waals surface area contributed by atoms with E-state index in [9.17, 15) is 5.11 Å². The first-order valence-corrected chi connectivity index (χ1v) is 6.80. The van der Waals surface area contributed by atoms with Crippen molar-refractivity contribution in [3.05, 3.63) is 29.0 Å². The number of nitrogens with zero attached hydrogens (tertiary/aromatic N) is 2. The fourth-order valence-electron chi connectivity index (χ4n) is 2.23. The second kappa shape index (κ2) is 5.12. The van der Waals surface area contributed by atoms with E-state index in [1.165, 1.54) is 0 Å². The summed E-state index contributed by atoms with van der Waals surface area (Å²) in [4.78, 5) is 4.60. The Bertz CT molecular complexity index is 590. The molecule has 0 radical (unpaired) electrons. The van der Waals surface area contributed by atoms with Crippen molar-refractivity contribution >= 4 is 22.6 Å². The average Bonchev–Trinajstić information content (AvgIpc) is 2.65. The Morgan fingerprint density at radius 1 is 1.47 bits per heavy atom. The number of rotatable bonds is 4. The first-order valence-electron chi connectivity index (χ1n) is 6.43. The molecule has 0 aliphatic heterocycles. The Kier molecular flexibility index (Phi) is 3.85. The van der Waals surface area contributed by atoms with Gasteiger partial charge in [-0.3, -0.25) is 0 Å². The number of hydrogen-bond acceptors (Lipinski definition) is 3. The third kappa shape index (κ3) is 2.91. The lowest BCUT2D eigenvalue weighted by molar-refractivity contribution is 0.0665. The zero-order chi connectivity index (χ0) is 14.2. The molecule has 0 fully saturated rings. The summed E-state index contributed by atoms with van der Waals surface area (Å²) < 4.78 is 2.10. The summed E-state index contributed by atoms with van der Waals surface area (Å²) in [5.41, 5.74) is 6.52. The van der Waals surface area contributed by atoms with Gasteiger partial charge >= 0.3 is 0 Å². The van der Waals surface area contributed by atoms with Gasteiger partial charge < -0.3 is 15.4 Å². The molecule has 104 valence electrons. The van der Waals surface area contributed by atoms with Gasteiger partial charge in [-0.2, -0.15) is 0 Å². The number of aromatic nitrogens is 2. The van der Waals surface area contributed by atoms with Crippen molar-refractivity contribution in [1.82, 2.24) is 9.55 Å². The molecule has 19 heavy (non-hydrogen) atoms. The van der Waals surface area contributed by atoms with Crippen LogP contribution >= 0.6 is 11.6 Å². The molecule has 0 saturated heterocycles. The maximum absolute atomic E-state index is 10.2. The minimum absolute atomic E-state index is 0.203. The van der Waals surface area contributed by atoms with Crippen molar-refractivity contribution in [1.29, 1.82) is 0 Å². The standard InChI is InChI=1S/C14H20ClN3O/c1-9(2)18-12-6-10(15)4-5-11(12)17-13(18)7-14(3,19)8-16/h4-6,9,19H,7-8,16H2,1-3H3. The predicted octanol–water partition coefficient (Wildman–Crippen LogP) is 2.52. The molecular weight excluding hydrogens is 262 g/mol. The second-order valence-electron chi connectivity index (χ2n) is 5.50. The van der Waals surface area contributed by atoms with Crippen molar-refractivity contribution in [2.24, 2.45) is 5.73 Å². The summed E-state index contributed by atoms with van der Waals surface area (Å²) in [6.07, 6.45) is 0.425. The van der Waals surface area contributed by atoms with Crippen LogP contribution in [0.3, 0.4) is 0 Å². The van der Waals surface area contributed by atoms with Crippen LogP contribution in [0.25, 0.3) is 11.0 Å². The quantitative estimate of drug-likeness (QED) is 0.905. The maximum atomic E-state index is 10.2. The van der Waals surface area contributed by atoms with Gasteiger partial charge in [-0.25, -0.2) is 4.98 Å². The molecule has 5 heteroatoms. The number of nitrogens with two attached hydrogens (primary N) is 1. The Hall–Kier alpha value is -1.10. The van der Waals surface area contributed by atoms with E-state index in [1.54, 1.807) is 6.92 Å². The van der Waals surface area contributed by atoms with Crippen molar-refractivity contribution in [2.45, 2.75) is 38.8 Å². The highest BCUT2D eigenvalue weighted by atomic mass is 35.5. The molecule has 1 unspecified atom stereocenters. The smallest absolute Gasteiger partial charge is 0.113 e. The van der Waals surface area contributed by atoms with Gasteiger partial charge in [0.05, 0.1) is 16.6 Å². The van der Waals surface area contributed by atoms with Gasteiger partial charge in [0.15, 0.2) is 0 Å². The Morgan fingerprint density at radius 2 is 2.16 bits per heavy atom. The molecule has 1 heterocycles. The molecule has 0 amide bonds. The van der Waals surface area contributed by atoms with Gasteiger partial charge in [-0.1, -0.05) is 11.6 Å². The van der Waals surface area contributed by atoms with Crippen LogP contribution < -0.4 is 5.73 Å². The Labute approximate surface area is 118 Å². The molecule has 0 spiro atoms. The van der Waals surface area contributed by atoms with Crippen LogP contribution in [0, 0.1) is 0 Å². The average molecular weight is 282 g/mol. The molecule has 2 rings (SSSR count). The van der Waals surface area contributed by atoms with Gasteiger partial charge in [0.25, 0.3) is 0 Å². The Balaban J connectivity index is 2.57. The molecular formula is C14H20ClN3O. The summed E-state index contributed by atoms with van der Waals surface area (Å²) in [5, 5.41) is 10.8. The highest BCUT2D eigenvalue weighted by Crippen LogP contribution is 2.26. The van der Waals surface area contributed by atoms with Crippen molar-refractivity contribution in [3.63, 3.8) is 0 Å². The van der Waals surface area contributed by atoms with Gasteiger partial charge in [0, 0.05) is 24.0 Å². The maximum Gasteiger partial charge on any atom is 0.113 e. The first kappa shape index (κ1) is 14.3. The van der Waals surface area contributed by atoms with Crippen LogP contribution in [0.2, 0.25) is 5.02 Å². The molecule has 2 aromatic rings. The second-order valence-corrected chi connectivity index (χ2v) is 5.94.